The van der Waals surface area contributed by atoms with Crippen LogP contribution < -0.4 is 5.32 Å². The number of aliphatic hydroxyl groups excluding tert-OH is 1. The Labute approximate surface area is 92.8 Å². The van der Waals surface area contributed by atoms with Gasteiger partial charge in [-0.3, -0.25) is 0 Å². The van der Waals surface area contributed by atoms with E-state index in [9.17, 15) is 5.11 Å². The molecule has 0 aromatic rings. The number of rotatable bonds is 2. The fraction of sp³-hybridized carbons (Fsp3) is 1.00. The van der Waals surface area contributed by atoms with Crippen LogP contribution in [0, 0.1) is 0 Å². The van der Waals surface area contributed by atoms with Crippen LogP contribution in [0.1, 0.15) is 38.5 Å². The molecule has 3 heteroatoms. The number of hydrogen-bond acceptors (Lipinski definition) is 3. The monoisotopic (exact) mass is 212 g/mol. The summed E-state index contributed by atoms with van der Waals surface area (Å²) in [4.78, 5) is 2.38. The van der Waals surface area contributed by atoms with Gasteiger partial charge in [0.15, 0.2) is 0 Å². The average Bonchev–Trinajstić information content (AvgIpc) is 2.25. The molecule has 2 rings (SSSR count). The van der Waals surface area contributed by atoms with Crippen molar-refractivity contribution in [3.05, 3.63) is 0 Å². The van der Waals surface area contributed by atoms with E-state index in [4.69, 9.17) is 0 Å². The third-order valence-electron chi connectivity index (χ3n) is 3.90. The van der Waals surface area contributed by atoms with E-state index in [1.807, 2.05) is 0 Å². The highest BCUT2D eigenvalue weighted by atomic mass is 16.3. The molecule has 1 aliphatic heterocycles. The summed E-state index contributed by atoms with van der Waals surface area (Å²) in [6.07, 6.45) is 7.00. The van der Waals surface area contributed by atoms with Gasteiger partial charge in [-0.2, -0.15) is 0 Å². The highest BCUT2D eigenvalue weighted by Crippen LogP contribution is 2.20. The number of aliphatic hydroxyl groups is 1. The summed E-state index contributed by atoms with van der Waals surface area (Å²) in [5.74, 6) is 0. The topological polar surface area (TPSA) is 35.5 Å². The Hall–Kier alpha value is -0.120. The Balaban J connectivity index is 1.75. The van der Waals surface area contributed by atoms with Crippen LogP contribution in [-0.2, 0) is 0 Å². The lowest BCUT2D eigenvalue weighted by molar-refractivity contribution is 0.0781. The van der Waals surface area contributed by atoms with Crippen LogP contribution in [0.25, 0.3) is 0 Å². The summed E-state index contributed by atoms with van der Waals surface area (Å²) in [5.41, 5.74) is 0. The van der Waals surface area contributed by atoms with E-state index in [2.05, 4.69) is 17.3 Å². The van der Waals surface area contributed by atoms with Gasteiger partial charge in [-0.25, -0.2) is 0 Å². The van der Waals surface area contributed by atoms with E-state index in [-0.39, 0.29) is 6.10 Å². The Morgan fingerprint density at radius 2 is 1.73 bits per heavy atom. The quantitative estimate of drug-likeness (QED) is 0.716. The number of piperidine rings is 1. The first-order valence-electron chi connectivity index (χ1n) is 6.38. The van der Waals surface area contributed by atoms with Crippen LogP contribution in [0.15, 0.2) is 0 Å². The lowest BCUT2D eigenvalue weighted by atomic mass is 9.91. The first kappa shape index (κ1) is 11.4. The Bertz CT molecular complexity index is 190. The van der Waals surface area contributed by atoms with Gasteiger partial charge in [0.2, 0.25) is 0 Å². The van der Waals surface area contributed by atoms with Gasteiger partial charge in [0.25, 0.3) is 0 Å². The summed E-state index contributed by atoms with van der Waals surface area (Å²) in [5, 5.41) is 13.5. The third-order valence-corrected chi connectivity index (χ3v) is 3.90. The lowest BCUT2D eigenvalue weighted by Gasteiger charge is -2.36. The van der Waals surface area contributed by atoms with E-state index < -0.39 is 0 Å². The molecule has 2 atom stereocenters. The SMILES string of the molecule is CN1CCC(NC2CCCCC2O)CC1. The maximum Gasteiger partial charge on any atom is 0.0693 e. The van der Waals surface area contributed by atoms with Crippen LogP contribution in [0.3, 0.4) is 0 Å². The maximum atomic E-state index is 9.88. The zero-order chi connectivity index (χ0) is 10.7. The van der Waals surface area contributed by atoms with Crippen LogP contribution >= 0.6 is 0 Å². The average molecular weight is 212 g/mol. The van der Waals surface area contributed by atoms with Gasteiger partial charge in [0.1, 0.15) is 0 Å². The van der Waals surface area contributed by atoms with Gasteiger partial charge in [0, 0.05) is 12.1 Å². The molecule has 0 aromatic heterocycles. The van der Waals surface area contributed by atoms with Gasteiger partial charge in [0.05, 0.1) is 6.10 Å². The molecule has 88 valence electrons. The Kier molecular flexibility index (Phi) is 4.00. The van der Waals surface area contributed by atoms with E-state index in [0.29, 0.717) is 12.1 Å². The van der Waals surface area contributed by atoms with E-state index in [1.54, 1.807) is 0 Å². The zero-order valence-corrected chi connectivity index (χ0v) is 9.78. The highest BCUT2D eigenvalue weighted by molar-refractivity contribution is 4.85. The molecule has 0 bridgehead atoms. The van der Waals surface area contributed by atoms with Gasteiger partial charge < -0.3 is 15.3 Å². The fourth-order valence-corrected chi connectivity index (χ4v) is 2.78. The van der Waals surface area contributed by atoms with Crippen LogP contribution in [0.5, 0.6) is 0 Å². The second-order valence-corrected chi connectivity index (χ2v) is 5.20. The van der Waals surface area contributed by atoms with E-state index >= 15 is 0 Å². The van der Waals surface area contributed by atoms with Crippen molar-refractivity contribution in [3.63, 3.8) is 0 Å². The minimum Gasteiger partial charge on any atom is -0.392 e. The van der Waals surface area contributed by atoms with Crippen molar-refractivity contribution >= 4 is 0 Å². The minimum atomic E-state index is -0.0987. The van der Waals surface area contributed by atoms with Crippen molar-refractivity contribution in [2.24, 2.45) is 0 Å². The van der Waals surface area contributed by atoms with Crippen molar-refractivity contribution in [3.8, 4) is 0 Å². The van der Waals surface area contributed by atoms with Gasteiger partial charge >= 0.3 is 0 Å². The predicted molar refractivity (Wildman–Crippen MR) is 61.9 cm³/mol. The predicted octanol–water partition coefficient (Wildman–Crippen LogP) is 0.974. The molecule has 1 saturated carbocycles. The molecule has 2 unspecified atom stereocenters. The number of nitrogens with zero attached hydrogens (tertiary/aromatic N) is 1. The molecule has 0 radical (unpaired) electrons. The van der Waals surface area contributed by atoms with Crippen molar-refractivity contribution in [2.45, 2.75) is 56.7 Å². The first-order valence-corrected chi connectivity index (χ1v) is 6.38. The van der Waals surface area contributed by atoms with Crippen LogP contribution in [-0.4, -0.2) is 48.3 Å². The van der Waals surface area contributed by atoms with Crippen molar-refractivity contribution in [2.75, 3.05) is 20.1 Å². The smallest absolute Gasteiger partial charge is 0.0693 e. The normalized spacial score (nSPS) is 35.6. The fourth-order valence-electron chi connectivity index (χ4n) is 2.78. The molecular formula is C12H24N2O. The molecule has 1 aliphatic carbocycles. The summed E-state index contributed by atoms with van der Waals surface area (Å²) in [6, 6.07) is 1.01. The molecule has 2 fully saturated rings. The summed E-state index contributed by atoms with van der Waals surface area (Å²) in [7, 11) is 2.19. The molecule has 0 spiro atoms. The zero-order valence-electron chi connectivity index (χ0n) is 9.78. The molecule has 0 amide bonds. The minimum absolute atomic E-state index is 0.0987. The third kappa shape index (κ3) is 3.16. The second kappa shape index (κ2) is 5.28. The number of hydrogen-bond donors (Lipinski definition) is 2. The number of likely N-dealkylation sites (tertiary alicyclic amines) is 1. The first-order chi connectivity index (χ1) is 7.25. The highest BCUT2D eigenvalue weighted by Gasteiger charge is 2.26. The van der Waals surface area contributed by atoms with Crippen molar-refractivity contribution in [1.82, 2.24) is 10.2 Å². The van der Waals surface area contributed by atoms with Gasteiger partial charge in [-0.05, 0) is 45.8 Å². The molecule has 2 aliphatic rings. The largest absolute Gasteiger partial charge is 0.392 e. The molecule has 1 saturated heterocycles. The molecule has 2 N–H and O–H groups in total. The molecule has 1 heterocycles. The van der Waals surface area contributed by atoms with Crippen LogP contribution in [0.4, 0.5) is 0 Å². The van der Waals surface area contributed by atoms with Gasteiger partial charge in [-0.1, -0.05) is 12.8 Å². The van der Waals surface area contributed by atoms with Crippen molar-refractivity contribution < 1.29 is 5.11 Å². The van der Waals surface area contributed by atoms with Crippen molar-refractivity contribution in [1.29, 1.82) is 0 Å². The van der Waals surface area contributed by atoms with Gasteiger partial charge in [-0.15, -0.1) is 0 Å². The second-order valence-electron chi connectivity index (χ2n) is 5.20. The summed E-state index contributed by atoms with van der Waals surface area (Å²) >= 11 is 0. The number of nitrogens with one attached hydrogen (secondary N) is 1. The molecular weight excluding hydrogens is 188 g/mol. The maximum absolute atomic E-state index is 9.88. The van der Waals surface area contributed by atoms with E-state index in [0.717, 1.165) is 12.8 Å². The summed E-state index contributed by atoms with van der Waals surface area (Å²) < 4.78 is 0. The van der Waals surface area contributed by atoms with E-state index in [1.165, 1.54) is 38.8 Å². The lowest BCUT2D eigenvalue weighted by Crippen LogP contribution is -2.50. The summed E-state index contributed by atoms with van der Waals surface area (Å²) in [6.45, 7) is 2.39. The Morgan fingerprint density at radius 1 is 1.07 bits per heavy atom. The molecule has 3 nitrogen and oxygen atoms in total. The standard InChI is InChI=1S/C12H24N2O/c1-14-8-6-10(7-9-14)13-11-4-2-3-5-12(11)15/h10-13,15H,2-9H2,1H3. The Morgan fingerprint density at radius 3 is 2.40 bits per heavy atom. The molecule has 15 heavy (non-hydrogen) atoms. The molecule has 0 aromatic carbocycles. The van der Waals surface area contributed by atoms with Crippen LogP contribution in [0.2, 0.25) is 0 Å².